The highest BCUT2D eigenvalue weighted by atomic mass is 16.5. The van der Waals surface area contributed by atoms with Gasteiger partial charge < -0.3 is 19.6 Å². The van der Waals surface area contributed by atoms with Gasteiger partial charge >= 0.3 is 12.0 Å². The van der Waals surface area contributed by atoms with Gasteiger partial charge in [-0.1, -0.05) is 12.1 Å². The van der Waals surface area contributed by atoms with Gasteiger partial charge in [-0.15, -0.1) is 0 Å². The number of rotatable bonds is 1. The molecule has 0 bridgehead atoms. The van der Waals surface area contributed by atoms with Crippen molar-refractivity contribution in [3.63, 3.8) is 0 Å². The second kappa shape index (κ2) is 5.73. The van der Waals surface area contributed by atoms with Gasteiger partial charge in [-0.25, -0.2) is 9.59 Å². The minimum atomic E-state index is -0.903. The molecule has 1 N–H and O–H groups in total. The molecule has 2 amide bonds. The fourth-order valence-corrected chi connectivity index (χ4v) is 2.93. The third kappa shape index (κ3) is 2.71. The van der Waals surface area contributed by atoms with Gasteiger partial charge in [0.1, 0.15) is 0 Å². The Hall–Kier alpha value is -2.08. The normalized spacial score (nSPS) is 18.3. The second-order valence-electron chi connectivity index (χ2n) is 5.30. The molecule has 1 aromatic carbocycles. The third-order valence-corrected chi connectivity index (χ3v) is 4.05. The highest BCUT2D eigenvalue weighted by Gasteiger charge is 2.27. The molecule has 6 nitrogen and oxygen atoms in total. The molecular weight excluding hydrogens is 272 g/mol. The summed E-state index contributed by atoms with van der Waals surface area (Å²) in [7, 11) is 0. The maximum Gasteiger partial charge on any atom is 0.335 e. The number of morpholine rings is 1. The van der Waals surface area contributed by atoms with E-state index in [4.69, 9.17) is 4.74 Å². The molecule has 1 fully saturated rings. The summed E-state index contributed by atoms with van der Waals surface area (Å²) in [6.45, 7) is 3.45. The number of amides is 2. The summed E-state index contributed by atoms with van der Waals surface area (Å²) in [5.41, 5.74) is 2.14. The number of hydrogen-bond acceptors (Lipinski definition) is 3. The Morgan fingerprint density at radius 1 is 1.10 bits per heavy atom. The van der Waals surface area contributed by atoms with Crippen LogP contribution in [0.25, 0.3) is 0 Å². The number of carbonyl (C=O) groups excluding carboxylic acids is 1. The van der Waals surface area contributed by atoms with Crippen molar-refractivity contribution in [2.24, 2.45) is 0 Å². The summed E-state index contributed by atoms with van der Waals surface area (Å²) in [6.07, 6.45) is 0.591. The molecule has 0 saturated carbocycles. The van der Waals surface area contributed by atoms with Crippen LogP contribution in [-0.4, -0.2) is 59.8 Å². The molecule has 1 saturated heterocycles. The van der Waals surface area contributed by atoms with E-state index < -0.39 is 5.97 Å². The summed E-state index contributed by atoms with van der Waals surface area (Å²) >= 11 is 0. The number of aromatic carboxylic acids is 1. The average Bonchev–Trinajstić information content (AvgIpc) is 2.53. The van der Waals surface area contributed by atoms with Crippen molar-refractivity contribution in [3.8, 4) is 0 Å². The van der Waals surface area contributed by atoms with Crippen molar-refractivity contribution >= 4 is 12.0 Å². The van der Waals surface area contributed by atoms with Crippen LogP contribution in [0, 0.1) is 0 Å². The van der Waals surface area contributed by atoms with Crippen LogP contribution in [0.15, 0.2) is 18.2 Å². The molecule has 0 atom stereocenters. The number of carbonyl (C=O) groups is 2. The number of nitrogens with zero attached hydrogens (tertiary/aromatic N) is 2. The van der Waals surface area contributed by atoms with Gasteiger partial charge in [-0.2, -0.15) is 0 Å². The summed E-state index contributed by atoms with van der Waals surface area (Å²) in [5.74, 6) is -0.903. The van der Waals surface area contributed by atoms with E-state index in [9.17, 15) is 14.7 Å². The number of carboxylic acids is 1. The van der Waals surface area contributed by atoms with Gasteiger partial charge in [0.2, 0.25) is 0 Å². The number of carboxylic acid groups (broad SMARTS) is 1. The number of fused-ring (bicyclic) bond motifs is 1. The first-order valence-electron chi connectivity index (χ1n) is 7.12. The molecular formula is C15H18N2O4. The van der Waals surface area contributed by atoms with Crippen molar-refractivity contribution in [2.75, 3.05) is 32.8 Å². The van der Waals surface area contributed by atoms with Gasteiger partial charge in [0.15, 0.2) is 0 Å². The van der Waals surface area contributed by atoms with Gasteiger partial charge in [0.25, 0.3) is 0 Å². The van der Waals surface area contributed by atoms with Crippen LogP contribution in [0.3, 0.4) is 0 Å². The van der Waals surface area contributed by atoms with E-state index in [0.717, 1.165) is 11.1 Å². The van der Waals surface area contributed by atoms with Crippen molar-refractivity contribution in [3.05, 3.63) is 34.9 Å². The quantitative estimate of drug-likeness (QED) is 0.843. The first-order valence-corrected chi connectivity index (χ1v) is 7.12. The molecule has 0 aliphatic carbocycles. The molecule has 2 heterocycles. The van der Waals surface area contributed by atoms with Crippen LogP contribution in [0.1, 0.15) is 21.5 Å². The Bertz CT molecular complexity index is 567. The summed E-state index contributed by atoms with van der Waals surface area (Å²) in [6, 6.07) is 5.29. The summed E-state index contributed by atoms with van der Waals surface area (Å²) < 4.78 is 5.26. The maximum absolute atomic E-state index is 12.5. The maximum atomic E-state index is 12.5. The zero-order valence-electron chi connectivity index (χ0n) is 11.7. The molecule has 2 aliphatic rings. The van der Waals surface area contributed by atoms with E-state index in [1.54, 1.807) is 21.9 Å². The monoisotopic (exact) mass is 290 g/mol. The van der Waals surface area contributed by atoms with Gasteiger partial charge in [0.05, 0.1) is 18.8 Å². The van der Waals surface area contributed by atoms with Gasteiger partial charge in [0, 0.05) is 26.2 Å². The second-order valence-corrected chi connectivity index (χ2v) is 5.30. The third-order valence-electron chi connectivity index (χ3n) is 4.05. The van der Waals surface area contributed by atoms with Crippen LogP contribution in [0.5, 0.6) is 0 Å². The number of ether oxygens (including phenoxy) is 1. The van der Waals surface area contributed by atoms with E-state index in [2.05, 4.69) is 0 Å². The molecule has 21 heavy (non-hydrogen) atoms. The van der Waals surface area contributed by atoms with E-state index in [1.807, 2.05) is 6.07 Å². The van der Waals surface area contributed by atoms with E-state index in [1.165, 1.54) is 0 Å². The highest BCUT2D eigenvalue weighted by molar-refractivity contribution is 5.90. The standard InChI is InChI=1S/C15H18N2O4/c18-14(19)13-3-1-2-11-10-17(5-4-12(11)13)15(20)16-6-8-21-9-7-16/h1-3H,4-10H2,(H,18,19). The Kier molecular flexibility index (Phi) is 3.79. The lowest BCUT2D eigenvalue weighted by atomic mass is 9.94. The first kappa shape index (κ1) is 13.9. The van der Waals surface area contributed by atoms with Crippen molar-refractivity contribution < 1.29 is 19.4 Å². The smallest absolute Gasteiger partial charge is 0.335 e. The van der Waals surface area contributed by atoms with E-state index in [0.29, 0.717) is 51.4 Å². The molecule has 112 valence electrons. The number of hydrogen-bond donors (Lipinski definition) is 1. The highest BCUT2D eigenvalue weighted by Crippen LogP contribution is 2.23. The Balaban J connectivity index is 1.77. The molecule has 0 spiro atoms. The lowest BCUT2D eigenvalue weighted by Crippen LogP contribution is -2.49. The fraction of sp³-hybridized carbons (Fsp3) is 0.467. The lowest BCUT2D eigenvalue weighted by molar-refractivity contribution is 0.0421. The van der Waals surface area contributed by atoms with Crippen LogP contribution >= 0.6 is 0 Å². The molecule has 2 aliphatic heterocycles. The van der Waals surface area contributed by atoms with Crippen molar-refractivity contribution in [1.29, 1.82) is 0 Å². The van der Waals surface area contributed by atoms with Crippen LogP contribution in [0.4, 0.5) is 4.79 Å². The lowest BCUT2D eigenvalue weighted by Gasteiger charge is -2.35. The largest absolute Gasteiger partial charge is 0.478 e. The minimum Gasteiger partial charge on any atom is -0.478 e. The van der Waals surface area contributed by atoms with Crippen LogP contribution in [-0.2, 0) is 17.7 Å². The molecule has 1 aromatic rings. The van der Waals surface area contributed by atoms with Gasteiger partial charge in [-0.05, 0) is 23.6 Å². The number of benzene rings is 1. The SMILES string of the molecule is O=C(O)c1cccc2c1CCN(C(=O)N1CCOCC1)C2. The minimum absolute atomic E-state index is 0.0182. The number of urea groups is 1. The van der Waals surface area contributed by atoms with Crippen LogP contribution < -0.4 is 0 Å². The van der Waals surface area contributed by atoms with Crippen molar-refractivity contribution in [2.45, 2.75) is 13.0 Å². The summed E-state index contributed by atoms with van der Waals surface area (Å²) in [5, 5.41) is 9.22. The Morgan fingerprint density at radius 3 is 2.57 bits per heavy atom. The van der Waals surface area contributed by atoms with E-state index >= 15 is 0 Å². The first-order chi connectivity index (χ1) is 10.2. The summed E-state index contributed by atoms with van der Waals surface area (Å²) in [4.78, 5) is 27.3. The Labute approximate surface area is 122 Å². The van der Waals surface area contributed by atoms with Gasteiger partial charge in [-0.3, -0.25) is 0 Å². The average molecular weight is 290 g/mol. The Morgan fingerprint density at radius 2 is 1.86 bits per heavy atom. The predicted octanol–water partition coefficient (Wildman–Crippen LogP) is 1.20. The fourth-order valence-electron chi connectivity index (χ4n) is 2.93. The van der Waals surface area contributed by atoms with Crippen molar-refractivity contribution in [1.82, 2.24) is 9.80 Å². The predicted molar refractivity (Wildman–Crippen MR) is 75.3 cm³/mol. The molecule has 0 aromatic heterocycles. The topological polar surface area (TPSA) is 70.1 Å². The zero-order chi connectivity index (χ0) is 14.8. The molecule has 0 unspecified atom stereocenters. The zero-order valence-corrected chi connectivity index (χ0v) is 11.7. The van der Waals surface area contributed by atoms with Crippen LogP contribution in [0.2, 0.25) is 0 Å². The molecule has 0 radical (unpaired) electrons. The molecule has 3 rings (SSSR count). The van der Waals surface area contributed by atoms with E-state index in [-0.39, 0.29) is 6.03 Å². The molecule has 6 heteroatoms.